The van der Waals surface area contributed by atoms with Gasteiger partial charge in [0.15, 0.2) is 0 Å². The van der Waals surface area contributed by atoms with Crippen LogP contribution in [0.5, 0.6) is 0 Å². The van der Waals surface area contributed by atoms with Crippen LogP contribution in [-0.2, 0) is 37.7 Å². The predicted octanol–water partition coefficient (Wildman–Crippen LogP) is 0.462. The number of sulfonamides is 2. The van der Waals surface area contributed by atoms with Gasteiger partial charge < -0.3 is 4.74 Å². The van der Waals surface area contributed by atoms with Crippen LogP contribution in [0.15, 0.2) is 23.1 Å². The molecule has 3 rings (SSSR count). The highest BCUT2D eigenvalue weighted by atomic mass is 32.2. The standard InChI is InChI=1S/C15H22N2O5S2/c1-23(18,19)17-7-6-12-9-15(5-4-13(12)11-17)24(20,21)16-10-14-3-2-8-22-14/h4-5,9,14,16H,2-3,6-8,10-11H2,1H3/t14-/m1/s1. The summed E-state index contributed by atoms with van der Waals surface area (Å²) in [4.78, 5) is 0.215. The van der Waals surface area contributed by atoms with Crippen LogP contribution in [0.25, 0.3) is 0 Å². The van der Waals surface area contributed by atoms with E-state index in [9.17, 15) is 16.8 Å². The molecule has 0 unspecified atom stereocenters. The molecule has 9 heteroatoms. The molecule has 0 aliphatic carbocycles. The van der Waals surface area contributed by atoms with E-state index in [1.54, 1.807) is 12.1 Å². The summed E-state index contributed by atoms with van der Waals surface area (Å²) >= 11 is 0. The van der Waals surface area contributed by atoms with Gasteiger partial charge in [-0.2, -0.15) is 4.31 Å². The maximum absolute atomic E-state index is 12.4. The molecular weight excluding hydrogens is 352 g/mol. The average Bonchev–Trinajstić information content (AvgIpc) is 3.04. The zero-order valence-corrected chi connectivity index (χ0v) is 15.2. The molecule has 0 saturated carbocycles. The fourth-order valence-corrected chi connectivity index (χ4v) is 4.96. The molecule has 2 heterocycles. The van der Waals surface area contributed by atoms with E-state index in [1.165, 1.54) is 16.6 Å². The van der Waals surface area contributed by atoms with Crippen LogP contribution in [0.4, 0.5) is 0 Å². The number of hydrogen-bond acceptors (Lipinski definition) is 5. The van der Waals surface area contributed by atoms with Gasteiger partial charge in [-0.15, -0.1) is 0 Å². The second kappa shape index (κ2) is 6.72. The second-order valence-corrected chi connectivity index (χ2v) is 10.0. The largest absolute Gasteiger partial charge is 0.377 e. The minimum atomic E-state index is -3.59. The van der Waals surface area contributed by atoms with Crippen LogP contribution in [-0.4, -0.2) is 53.2 Å². The molecule has 0 bridgehead atoms. The Morgan fingerprint density at radius 1 is 1.25 bits per heavy atom. The molecule has 0 radical (unpaired) electrons. The zero-order valence-electron chi connectivity index (χ0n) is 13.6. The lowest BCUT2D eigenvalue weighted by Gasteiger charge is -2.27. The Morgan fingerprint density at radius 2 is 2.04 bits per heavy atom. The molecule has 2 aliphatic heterocycles. The van der Waals surface area contributed by atoms with Gasteiger partial charge in [-0.1, -0.05) is 6.07 Å². The van der Waals surface area contributed by atoms with Gasteiger partial charge in [0, 0.05) is 26.2 Å². The van der Waals surface area contributed by atoms with Crippen molar-refractivity contribution >= 4 is 20.0 Å². The minimum absolute atomic E-state index is 0.0549. The van der Waals surface area contributed by atoms with E-state index in [2.05, 4.69) is 4.72 Å². The van der Waals surface area contributed by atoms with Crippen molar-refractivity contribution in [2.24, 2.45) is 0 Å². The van der Waals surface area contributed by atoms with Crippen molar-refractivity contribution in [1.82, 2.24) is 9.03 Å². The van der Waals surface area contributed by atoms with Crippen LogP contribution >= 0.6 is 0 Å². The molecular formula is C15H22N2O5S2. The van der Waals surface area contributed by atoms with Gasteiger partial charge in [0.2, 0.25) is 20.0 Å². The monoisotopic (exact) mass is 374 g/mol. The molecule has 1 saturated heterocycles. The third-order valence-corrected chi connectivity index (χ3v) is 7.13. The topological polar surface area (TPSA) is 92.8 Å². The molecule has 0 aromatic heterocycles. The Balaban J connectivity index is 1.74. The molecule has 1 N–H and O–H groups in total. The van der Waals surface area contributed by atoms with Crippen molar-refractivity contribution in [3.8, 4) is 0 Å². The third kappa shape index (κ3) is 3.97. The molecule has 1 fully saturated rings. The van der Waals surface area contributed by atoms with Crippen molar-refractivity contribution in [1.29, 1.82) is 0 Å². The Hall–Kier alpha value is -1.00. The summed E-state index contributed by atoms with van der Waals surface area (Å²) in [6.07, 6.45) is 3.47. The highest BCUT2D eigenvalue weighted by Gasteiger charge is 2.25. The Bertz CT molecular complexity index is 814. The summed E-state index contributed by atoms with van der Waals surface area (Å²) in [6, 6.07) is 4.88. The molecule has 7 nitrogen and oxygen atoms in total. The molecule has 2 aliphatic rings. The number of nitrogens with one attached hydrogen (secondary N) is 1. The maximum atomic E-state index is 12.4. The lowest BCUT2D eigenvalue weighted by molar-refractivity contribution is 0.114. The summed E-state index contributed by atoms with van der Waals surface area (Å²) in [5, 5.41) is 0. The normalized spacial score (nSPS) is 22.5. The number of nitrogens with zero attached hydrogens (tertiary/aromatic N) is 1. The number of hydrogen-bond donors (Lipinski definition) is 1. The van der Waals surface area contributed by atoms with Crippen LogP contribution in [0, 0.1) is 0 Å². The van der Waals surface area contributed by atoms with Crippen molar-refractivity contribution < 1.29 is 21.6 Å². The first-order chi connectivity index (χ1) is 11.3. The number of fused-ring (bicyclic) bond motifs is 1. The Labute approximate surface area is 143 Å². The quantitative estimate of drug-likeness (QED) is 0.808. The summed E-state index contributed by atoms with van der Waals surface area (Å²) in [7, 11) is -6.82. The average molecular weight is 374 g/mol. The zero-order chi connectivity index (χ0) is 17.4. The van der Waals surface area contributed by atoms with Gasteiger partial charge in [0.05, 0.1) is 17.3 Å². The van der Waals surface area contributed by atoms with Gasteiger partial charge in [-0.05, 0) is 42.5 Å². The van der Waals surface area contributed by atoms with Gasteiger partial charge in [-0.3, -0.25) is 0 Å². The van der Waals surface area contributed by atoms with Gasteiger partial charge in [0.25, 0.3) is 0 Å². The Morgan fingerprint density at radius 3 is 2.71 bits per heavy atom. The number of rotatable bonds is 5. The molecule has 1 aromatic carbocycles. The fraction of sp³-hybridized carbons (Fsp3) is 0.600. The molecule has 0 spiro atoms. The smallest absolute Gasteiger partial charge is 0.240 e. The van der Waals surface area contributed by atoms with Crippen molar-refractivity contribution in [3.63, 3.8) is 0 Å². The van der Waals surface area contributed by atoms with Crippen molar-refractivity contribution in [2.45, 2.75) is 36.8 Å². The van der Waals surface area contributed by atoms with E-state index in [0.717, 1.165) is 24.0 Å². The van der Waals surface area contributed by atoms with Gasteiger partial charge in [0.1, 0.15) is 0 Å². The van der Waals surface area contributed by atoms with E-state index in [4.69, 9.17) is 4.74 Å². The Kier molecular flexibility index (Phi) is 4.99. The van der Waals surface area contributed by atoms with Gasteiger partial charge in [-0.25, -0.2) is 21.6 Å². The SMILES string of the molecule is CS(=O)(=O)N1CCc2cc(S(=O)(=O)NC[C@H]3CCCO3)ccc2C1. The first kappa shape index (κ1) is 17.8. The first-order valence-corrected chi connectivity index (χ1v) is 11.3. The van der Waals surface area contributed by atoms with E-state index < -0.39 is 20.0 Å². The molecule has 134 valence electrons. The van der Waals surface area contributed by atoms with Crippen LogP contribution < -0.4 is 4.72 Å². The molecule has 1 aromatic rings. The van der Waals surface area contributed by atoms with E-state index in [-0.39, 0.29) is 24.1 Å². The highest BCUT2D eigenvalue weighted by molar-refractivity contribution is 7.89. The van der Waals surface area contributed by atoms with Crippen LogP contribution in [0.2, 0.25) is 0 Å². The number of ether oxygens (including phenoxy) is 1. The fourth-order valence-electron chi connectivity index (χ4n) is 3.05. The van der Waals surface area contributed by atoms with E-state index >= 15 is 0 Å². The van der Waals surface area contributed by atoms with Crippen molar-refractivity contribution in [3.05, 3.63) is 29.3 Å². The summed E-state index contributed by atoms with van der Waals surface area (Å²) in [5.41, 5.74) is 1.74. The summed E-state index contributed by atoms with van der Waals surface area (Å²) in [5.74, 6) is 0. The van der Waals surface area contributed by atoms with Crippen LogP contribution in [0.1, 0.15) is 24.0 Å². The van der Waals surface area contributed by atoms with E-state index in [0.29, 0.717) is 19.6 Å². The van der Waals surface area contributed by atoms with E-state index in [1.807, 2.05) is 0 Å². The lowest BCUT2D eigenvalue weighted by Crippen LogP contribution is -2.35. The minimum Gasteiger partial charge on any atom is -0.377 e. The molecule has 0 amide bonds. The predicted molar refractivity (Wildman–Crippen MR) is 89.6 cm³/mol. The van der Waals surface area contributed by atoms with Crippen LogP contribution in [0.3, 0.4) is 0 Å². The maximum Gasteiger partial charge on any atom is 0.240 e. The molecule has 1 atom stereocenters. The number of benzene rings is 1. The van der Waals surface area contributed by atoms with Gasteiger partial charge >= 0.3 is 0 Å². The lowest BCUT2D eigenvalue weighted by atomic mass is 10.0. The summed E-state index contributed by atoms with van der Waals surface area (Å²) < 4.78 is 57.6. The third-order valence-electron chi connectivity index (χ3n) is 4.46. The summed E-state index contributed by atoms with van der Waals surface area (Å²) in [6.45, 7) is 1.62. The second-order valence-electron chi connectivity index (χ2n) is 6.26. The van der Waals surface area contributed by atoms with Crippen molar-refractivity contribution in [2.75, 3.05) is 26.0 Å². The molecule has 24 heavy (non-hydrogen) atoms. The highest BCUT2D eigenvalue weighted by Crippen LogP contribution is 2.24. The first-order valence-electron chi connectivity index (χ1n) is 7.94.